The Morgan fingerprint density at radius 2 is 2.29 bits per heavy atom. The molecule has 0 unspecified atom stereocenters. The predicted molar refractivity (Wildman–Crippen MR) is 30.1 cm³/mol. The second kappa shape index (κ2) is 1.57. The maximum Gasteiger partial charge on any atom is 0.268 e. The molecule has 7 heavy (non-hydrogen) atoms. The van der Waals surface area contributed by atoms with E-state index >= 15 is 0 Å². The summed E-state index contributed by atoms with van der Waals surface area (Å²) in [5, 5.41) is 8.25. The lowest BCUT2D eigenvalue weighted by Gasteiger charge is -2.22. The molecular weight excluding hydrogens is 84.9 g/mol. The molecule has 1 saturated heterocycles. The van der Waals surface area contributed by atoms with Crippen LogP contribution in [-0.4, -0.2) is 6.71 Å². The van der Waals surface area contributed by atoms with Crippen molar-refractivity contribution in [3.63, 3.8) is 0 Å². The molecular formula is C5H8BN. The van der Waals surface area contributed by atoms with Crippen molar-refractivity contribution in [2.24, 2.45) is 5.92 Å². The number of rotatable bonds is 0. The maximum atomic E-state index is 8.25. The minimum absolute atomic E-state index is 0.398. The summed E-state index contributed by atoms with van der Waals surface area (Å²) in [6.07, 6.45) is 2.27. The summed E-state index contributed by atoms with van der Waals surface area (Å²) in [7, 11) is 0. The van der Waals surface area contributed by atoms with Gasteiger partial charge in [-0.05, 0) is 0 Å². The van der Waals surface area contributed by atoms with Crippen molar-refractivity contribution < 1.29 is 0 Å². The van der Waals surface area contributed by atoms with Gasteiger partial charge in [-0.3, -0.25) is 0 Å². The highest BCUT2D eigenvalue weighted by Crippen LogP contribution is 2.26. The summed E-state index contributed by atoms with van der Waals surface area (Å²) in [5.74, 6) is 3.06. The van der Waals surface area contributed by atoms with Gasteiger partial charge in [0.05, 0.1) is 0 Å². The van der Waals surface area contributed by atoms with Crippen LogP contribution in [0.25, 0.3) is 0 Å². The van der Waals surface area contributed by atoms with Crippen molar-refractivity contribution in [1.82, 2.24) is 0 Å². The molecule has 1 rings (SSSR count). The molecule has 0 aromatic rings. The smallest absolute Gasteiger partial charge is 0.213 e. The van der Waals surface area contributed by atoms with E-state index in [0.29, 0.717) is 6.71 Å². The Bertz CT molecular complexity index is 99.1. The van der Waals surface area contributed by atoms with E-state index in [4.69, 9.17) is 5.26 Å². The minimum Gasteiger partial charge on any atom is -0.213 e. The Balaban J connectivity index is 2.21. The van der Waals surface area contributed by atoms with E-state index in [0.717, 1.165) is 18.6 Å². The molecule has 1 heterocycles. The summed E-state index contributed by atoms with van der Waals surface area (Å²) in [5.41, 5.74) is 0. The lowest BCUT2D eigenvalue weighted by atomic mass is 9.33. The highest BCUT2D eigenvalue weighted by atomic mass is 14.2. The van der Waals surface area contributed by atoms with Crippen LogP contribution in [0, 0.1) is 17.1 Å². The third-order valence-electron chi connectivity index (χ3n) is 1.56. The first-order valence-corrected chi connectivity index (χ1v) is 2.72. The Labute approximate surface area is 44.4 Å². The zero-order valence-electron chi connectivity index (χ0n) is 4.52. The molecule has 0 bridgehead atoms. The van der Waals surface area contributed by atoms with Crippen LogP contribution in [0.4, 0.5) is 0 Å². The zero-order chi connectivity index (χ0) is 5.28. The minimum atomic E-state index is 0.398. The summed E-state index contributed by atoms with van der Waals surface area (Å²) in [6, 6.07) is 0. The fourth-order valence-electron chi connectivity index (χ4n) is 1.01. The van der Waals surface area contributed by atoms with Gasteiger partial charge in [0.2, 0.25) is 0 Å². The molecule has 0 aromatic heterocycles. The van der Waals surface area contributed by atoms with Gasteiger partial charge in [-0.1, -0.05) is 25.5 Å². The van der Waals surface area contributed by atoms with Crippen molar-refractivity contribution in [2.75, 3.05) is 0 Å². The number of nitrogens with zero attached hydrogens (tertiary/aromatic N) is 1. The molecule has 1 aliphatic rings. The highest BCUT2D eigenvalue weighted by molar-refractivity contribution is 6.69. The third kappa shape index (κ3) is 0.769. The molecule has 1 fully saturated rings. The predicted octanol–water partition coefficient (Wildman–Crippen LogP) is 1.19. The van der Waals surface area contributed by atoms with Crippen LogP contribution >= 0.6 is 0 Å². The van der Waals surface area contributed by atoms with Crippen LogP contribution in [0.1, 0.15) is 6.92 Å². The summed E-state index contributed by atoms with van der Waals surface area (Å²) in [6.45, 7) is 2.59. The van der Waals surface area contributed by atoms with E-state index in [1.807, 2.05) is 0 Å². The Morgan fingerprint density at radius 3 is 2.43 bits per heavy atom. The van der Waals surface area contributed by atoms with E-state index in [9.17, 15) is 0 Å². The molecule has 0 N–H and O–H groups in total. The average molecular weight is 92.9 g/mol. The summed E-state index contributed by atoms with van der Waals surface area (Å²) >= 11 is 0. The molecule has 0 aromatic carbocycles. The molecule has 1 nitrogen and oxygen atoms in total. The number of nitriles is 1. The lowest BCUT2D eigenvalue weighted by Crippen LogP contribution is -2.27. The molecule has 36 valence electrons. The normalized spacial score (nSPS) is 20.9. The van der Waals surface area contributed by atoms with Crippen LogP contribution in [0.5, 0.6) is 0 Å². The van der Waals surface area contributed by atoms with Crippen molar-refractivity contribution in [2.45, 2.75) is 19.6 Å². The molecule has 0 atom stereocenters. The topological polar surface area (TPSA) is 23.8 Å². The highest BCUT2D eigenvalue weighted by Gasteiger charge is 2.28. The fourth-order valence-corrected chi connectivity index (χ4v) is 1.01. The van der Waals surface area contributed by atoms with Gasteiger partial charge in [-0.2, -0.15) is 0 Å². The second-order valence-electron chi connectivity index (χ2n) is 2.40. The van der Waals surface area contributed by atoms with Crippen LogP contribution in [0.2, 0.25) is 12.6 Å². The van der Waals surface area contributed by atoms with Crippen LogP contribution in [0.15, 0.2) is 0 Å². The lowest BCUT2D eigenvalue weighted by molar-refractivity contribution is 0.656. The molecule has 0 aliphatic carbocycles. The van der Waals surface area contributed by atoms with E-state index in [2.05, 4.69) is 12.9 Å². The molecule has 2 heteroatoms. The van der Waals surface area contributed by atoms with E-state index in [1.54, 1.807) is 0 Å². The summed E-state index contributed by atoms with van der Waals surface area (Å²) < 4.78 is 0. The fraction of sp³-hybridized carbons (Fsp3) is 0.800. The molecule has 0 saturated carbocycles. The van der Waals surface area contributed by atoms with Gasteiger partial charge in [-0.25, -0.2) is 5.26 Å². The van der Waals surface area contributed by atoms with E-state index < -0.39 is 0 Å². The van der Waals surface area contributed by atoms with Crippen LogP contribution in [-0.2, 0) is 0 Å². The Morgan fingerprint density at radius 1 is 1.71 bits per heavy atom. The number of hydrogen-bond donors (Lipinski definition) is 0. The molecule has 1 aliphatic heterocycles. The van der Waals surface area contributed by atoms with Gasteiger partial charge in [-0.15, -0.1) is 0 Å². The van der Waals surface area contributed by atoms with Gasteiger partial charge < -0.3 is 0 Å². The quantitative estimate of drug-likeness (QED) is 0.412. The van der Waals surface area contributed by atoms with Crippen molar-refractivity contribution in [1.29, 1.82) is 5.26 Å². The van der Waals surface area contributed by atoms with Gasteiger partial charge in [0.1, 0.15) is 0 Å². The van der Waals surface area contributed by atoms with E-state index in [1.165, 1.54) is 0 Å². The van der Waals surface area contributed by atoms with Crippen LogP contribution in [0.3, 0.4) is 0 Å². The van der Waals surface area contributed by atoms with Gasteiger partial charge >= 0.3 is 0 Å². The maximum absolute atomic E-state index is 8.25. The SMILES string of the molecule is CC1CB(C#N)C1. The van der Waals surface area contributed by atoms with Crippen molar-refractivity contribution in [3.8, 4) is 5.97 Å². The van der Waals surface area contributed by atoms with Gasteiger partial charge in [0.15, 0.2) is 0 Å². The first kappa shape index (κ1) is 4.71. The summed E-state index contributed by atoms with van der Waals surface area (Å²) in [4.78, 5) is 0. The first-order chi connectivity index (χ1) is 3.33. The van der Waals surface area contributed by atoms with Crippen molar-refractivity contribution in [3.05, 3.63) is 0 Å². The van der Waals surface area contributed by atoms with Crippen LogP contribution < -0.4 is 0 Å². The third-order valence-corrected chi connectivity index (χ3v) is 1.56. The monoisotopic (exact) mass is 93.1 g/mol. The molecule has 0 amide bonds. The Kier molecular flexibility index (Phi) is 1.06. The van der Waals surface area contributed by atoms with Crippen molar-refractivity contribution >= 4 is 6.71 Å². The van der Waals surface area contributed by atoms with Gasteiger partial charge in [0, 0.05) is 5.97 Å². The molecule has 0 spiro atoms. The largest absolute Gasteiger partial charge is 0.268 e. The Hall–Kier alpha value is -0.445. The van der Waals surface area contributed by atoms with Gasteiger partial charge in [0.25, 0.3) is 6.71 Å². The number of hydrogen-bond acceptors (Lipinski definition) is 1. The first-order valence-electron chi connectivity index (χ1n) is 2.72. The molecule has 0 radical (unpaired) electrons. The van der Waals surface area contributed by atoms with E-state index in [-0.39, 0.29) is 0 Å². The zero-order valence-corrected chi connectivity index (χ0v) is 4.52. The standard InChI is InChI=1S/C5H8BN/c1-5-2-6(3-5)4-7/h5H,2-3H2,1H3. The average Bonchev–Trinajstić information content (AvgIpc) is 1.58. The second-order valence-corrected chi connectivity index (χ2v) is 2.40.